The Labute approximate surface area is 126 Å². The van der Waals surface area contributed by atoms with Crippen LogP contribution < -0.4 is 0 Å². The lowest BCUT2D eigenvalue weighted by atomic mass is 10.2. The van der Waals surface area contributed by atoms with Crippen LogP contribution in [0, 0.1) is 24.2 Å². The van der Waals surface area contributed by atoms with Crippen LogP contribution in [-0.2, 0) is 14.8 Å². The monoisotopic (exact) mass is 308 g/mol. The van der Waals surface area contributed by atoms with Gasteiger partial charge in [-0.2, -0.15) is 9.57 Å². The number of nitrogens with zero attached hydrogens (tertiary/aromatic N) is 2. The molecule has 1 aliphatic carbocycles. The van der Waals surface area contributed by atoms with Crippen molar-refractivity contribution in [3.63, 3.8) is 0 Å². The van der Waals surface area contributed by atoms with Crippen molar-refractivity contribution in [2.75, 3.05) is 26.8 Å². The van der Waals surface area contributed by atoms with Crippen LogP contribution in [0.2, 0.25) is 0 Å². The first-order chi connectivity index (χ1) is 9.95. The maximum atomic E-state index is 12.5. The van der Waals surface area contributed by atoms with Crippen molar-refractivity contribution in [2.45, 2.75) is 24.7 Å². The fraction of sp³-hybridized carbons (Fsp3) is 0.533. The van der Waals surface area contributed by atoms with Crippen LogP contribution in [0.5, 0.6) is 0 Å². The Balaban J connectivity index is 2.03. The van der Waals surface area contributed by atoms with Crippen molar-refractivity contribution in [3.05, 3.63) is 29.3 Å². The van der Waals surface area contributed by atoms with Gasteiger partial charge in [0.05, 0.1) is 23.1 Å². The van der Waals surface area contributed by atoms with E-state index in [-0.39, 0.29) is 4.90 Å². The van der Waals surface area contributed by atoms with Gasteiger partial charge >= 0.3 is 0 Å². The zero-order valence-corrected chi connectivity index (χ0v) is 13.2. The Morgan fingerprint density at radius 1 is 1.43 bits per heavy atom. The Hall–Kier alpha value is -1.42. The molecule has 0 aliphatic heterocycles. The van der Waals surface area contributed by atoms with Crippen molar-refractivity contribution in [1.82, 2.24) is 4.31 Å². The predicted molar refractivity (Wildman–Crippen MR) is 79.3 cm³/mol. The average molecular weight is 308 g/mol. The van der Waals surface area contributed by atoms with Gasteiger partial charge in [0.1, 0.15) is 0 Å². The second kappa shape index (κ2) is 6.56. The van der Waals surface area contributed by atoms with E-state index in [0.29, 0.717) is 30.2 Å². The number of aryl methyl sites for hydroxylation is 1. The van der Waals surface area contributed by atoms with Crippen LogP contribution in [0.25, 0.3) is 0 Å². The summed E-state index contributed by atoms with van der Waals surface area (Å²) in [6.07, 6.45) is 2.43. The lowest BCUT2D eigenvalue weighted by molar-refractivity contribution is 0.117. The van der Waals surface area contributed by atoms with Gasteiger partial charge < -0.3 is 4.74 Å². The van der Waals surface area contributed by atoms with Crippen molar-refractivity contribution >= 4 is 10.0 Å². The maximum absolute atomic E-state index is 12.5. The van der Waals surface area contributed by atoms with Gasteiger partial charge in [0.2, 0.25) is 10.0 Å². The van der Waals surface area contributed by atoms with Gasteiger partial charge in [-0.1, -0.05) is 6.07 Å². The summed E-state index contributed by atoms with van der Waals surface area (Å²) in [6.45, 7) is 3.15. The van der Waals surface area contributed by atoms with Crippen LogP contribution in [0.1, 0.15) is 24.0 Å². The molecular formula is C15H20N2O3S. The largest absolute Gasteiger partial charge is 0.380 e. The molecule has 0 atom stereocenters. The smallest absolute Gasteiger partial charge is 0.243 e. The number of ether oxygens (including phenoxy) is 1. The number of rotatable bonds is 7. The predicted octanol–water partition coefficient (Wildman–Crippen LogP) is 1.91. The Bertz CT molecular complexity index is 645. The van der Waals surface area contributed by atoms with Crippen LogP contribution in [-0.4, -0.2) is 39.5 Å². The van der Waals surface area contributed by atoms with E-state index < -0.39 is 10.0 Å². The molecule has 1 aromatic rings. The van der Waals surface area contributed by atoms with E-state index >= 15 is 0 Å². The third kappa shape index (κ3) is 4.03. The minimum absolute atomic E-state index is 0.186. The van der Waals surface area contributed by atoms with E-state index in [1.54, 1.807) is 19.1 Å². The molecule has 114 valence electrons. The van der Waals surface area contributed by atoms with E-state index in [1.807, 2.05) is 6.07 Å². The highest BCUT2D eigenvalue weighted by Crippen LogP contribution is 2.28. The highest BCUT2D eigenvalue weighted by atomic mass is 32.2. The van der Waals surface area contributed by atoms with Gasteiger partial charge in [-0.3, -0.25) is 0 Å². The lowest BCUT2D eigenvalue weighted by Crippen LogP contribution is -2.31. The van der Waals surface area contributed by atoms with E-state index in [2.05, 4.69) is 0 Å². The normalized spacial score (nSPS) is 15.1. The molecule has 2 rings (SSSR count). The molecule has 0 spiro atoms. The number of hydrogen-bond acceptors (Lipinski definition) is 4. The molecule has 0 unspecified atom stereocenters. The SMILES string of the molecule is Cc1ccc(C#N)cc1S(=O)(=O)N(C)CCOCC1CC1. The van der Waals surface area contributed by atoms with E-state index in [9.17, 15) is 8.42 Å². The van der Waals surface area contributed by atoms with Gasteiger partial charge in [-0.25, -0.2) is 8.42 Å². The van der Waals surface area contributed by atoms with Crippen molar-refractivity contribution in [3.8, 4) is 6.07 Å². The fourth-order valence-electron chi connectivity index (χ4n) is 1.96. The summed E-state index contributed by atoms with van der Waals surface area (Å²) < 4.78 is 31.8. The summed E-state index contributed by atoms with van der Waals surface area (Å²) in [4.78, 5) is 0.186. The quantitative estimate of drug-likeness (QED) is 0.722. The first-order valence-electron chi connectivity index (χ1n) is 7.00. The van der Waals surface area contributed by atoms with Crippen molar-refractivity contribution in [2.24, 2.45) is 5.92 Å². The zero-order valence-electron chi connectivity index (χ0n) is 12.4. The number of hydrogen-bond donors (Lipinski definition) is 0. The molecular weight excluding hydrogens is 288 g/mol. The molecule has 0 bridgehead atoms. The second-order valence-electron chi connectivity index (χ2n) is 5.44. The zero-order chi connectivity index (χ0) is 15.5. The average Bonchev–Trinajstić information content (AvgIpc) is 3.27. The van der Waals surface area contributed by atoms with E-state index in [4.69, 9.17) is 10.00 Å². The van der Waals surface area contributed by atoms with Gasteiger partial charge in [0.15, 0.2) is 0 Å². The third-order valence-electron chi connectivity index (χ3n) is 3.61. The number of benzene rings is 1. The number of nitriles is 1. The number of sulfonamides is 1. The fourth-order valence-corrected chi connectivity index (χ4v) is 3.36. The molecule has 1 aliphatic rings. The van der Waals surface area contributed by atoms with Crippen LogP contribution in [0.3, 0.4) is 0 Å². The molecule has 0 aromatic heterocycles. The molecule has 0 saturated heterocycles. The molecule has 0 amide bonds. The molecule has 6 heteroatoms. The summed E-state index contributed by atoms with van der Waals surface area (Å²) in [5, 5.41) is 8.91. The van der Waals surface area contributed by atoms with Gasteiger partial charge in [0.25, 0.3) is 0 Å². The minimum Gasteiger partial charge on any atom is -0.380 e. The highest BCUT2D eigenvalue weighted by molar-refractivity contribution is 7.89. The Morgan fingerprint density at radius 2 is 2.14 bits per heavy atom. The van der Waals surface area contributed by atoms with E-state index in [0.717, 1.165) is 6.61 Å². The van der Waals surface area contributed by atoms with Gasteiger partial charge in [0, 0.05) is 20.2 Å². The Morgan fingerprint density at radius 3 is 2.76 bits per heavy atom. The summed E-state index contributed by atoms with van der Waals surface area (Å²) in [5.74, 6) is 0.668. The third-order valence-corrected chi connectivity index (χ3v) is 5.61. The lowest BCUT2D eigenvalue weighted by Gasteiger charge is -2.18. The summed E-state index contributed by atoms with van der Waals surface area (Å²) in [7, 11) is -2.05. The first kappa shape index (κ1) is 16.0. The molecule has 21 heavy (non-hydrogen) atoms. The summed E-state index contributed by atoms with van der Waals surface area (Å²) in [5.41, 5.74) is 0.984. The number of likely N-dealkylation sites (N-methyl/N-ethyl adjacent to an activating group) is 1. The van der Waals surface area contributed by atoms with Crippen LogP contribution in [0.15, 0.2) is 23.1 Å². The molecule has 0 radical (unpaired) electrons. The molecule has 1 saturated carbocycles. The first-order valence-corrected chi connectivity index (χ1v) is 8.44. The van der Waals surface area contributed by atoms with Gasteiger partial charge in [-0.15, -0.1) is 0 Å². The molecule has 0 heterocycles. The standard InChI is InChI=1S/C15H20N2O3S/c1-12-3-4-14(10-16)9-15(12)21(18,19)17(2)7-8-20-11-13-5-6-13/h3-4,9,13H,5-8,11H2,1-2H3. The van der Waals surface area contributed by atoms with Crippen LogP contribution in [0.4, 0.5) is 0 Å². The van der Waals surface area contributed by atoms with Crippen molar-refractivity contribution < 1.29 is 13.2 Å². The van der Waals surface area contributed by atoms with E-state index in [1.165, 1.54) is 30.3 Å². The Kier molecular flexibility index (Phi) is 4.99. The highest BCUT2D eigenvalue weighted by Gasteiger charge is 2.24. The van der Waals surface area contributed by atoms with Crippen molar-refractivity contribution in [1.29, 1.82) is 5.26 Å². The molecule has 0 N–H and O–H groups in total. The summed E-state index contributed by atoms with van der Waals surface area (Å²) >= 11 is 0. The molecule has 1 fully saturated rings. The summed E-state index contributed by atoms with van der Waals surface area (Å²) in [6, 6.07) is 6.67. The second-order valence-corrected chi connectivity index (χ2v) is 7.45. The molecule has 1 aromatic carbocycles. The molecule has 5 nitrogen and oxygen atoms in total. The maximum Gasteiger partial charge on any atom is 0.243 e. The van der Waals surface area contributed by atoms with Crippen LogP contribution >= 0.6 is 0 Å². The minimum atomic E-state index is -3.59. The van der Waals surface area contributed by atoms with Gasteiger partial charge in [-0.05, 0) is 43.4 Å². The topological polar surface area (TPSA) is 70.4 Å².